The Balaban J connectivity index is 1.71. The summed E-state index contributed by atoms with van der Waals surface area (Å²) >= 11 is 0. The smallest absolute Gasteiger partial charge is 0.244 e. The van der Waals surface area contributed by atoms with Crippen LogP contribution in [0.15, 0.2) is 59.8 Å². The van der Waals surface area contributed by atoms with Gasteiger partial charge in [0.2, 0.25) is 15.9 Å². The summed E-state index contributed by atoms with van der Waals surface area (Å²) in [5, 5.41) is 2.76. The number of benzene rings is 2. The third-order valence-electron chi connectivity index (χ3n) is 3.76. The van der Waals surface area contributed by atoms with Crippen molar-refractivity contribution in [1.82, 2.24) is 13.9 Å². The van der Waals surface area contributed by atoms with Crippen LogP contribution in [-0.4, -0.2) is 42.3 Å². The number of amides is 1. The van der Waals surface area contributed by atoms with E-state index in [1.807, 2.05) is 24.3 Å². The van der Waals surface area contributed by atoms with Gasteiger partial charge >= 0.3 is 0 Å². The molecule has 130 valence electrons. The lowest BCUT2D eigenvalue weighted by molar-refractivity contribution is -0.116. The van der Waals surface area contributed by atoms with Crippen molar-refractivity contribution in [2.45, 2.75) is 11.4 Å². The molecule has 1 N–H and O–H groups in total. The second kappa shape index (κ2) is 6.66. The Kier molecular flexibility index (Phi) is 4.56. The maximum absolute atomic E-state index is 12.2. The van der Waals surface area contributed by atoms with Crippen LogP contribution in [0.5, 0.6) is 0 Å². The first-order valence-corrected chi connectivity index (χ1v) is 9.04. The predicted octanol–water partition coefficient (Wildman–Crippen LogP) is 1.93. The van der Waals surface area contributed by atoms with Crippen LogP contribution in [0.1, 0.15) is 0 Å². The molecule has 0 aliphatic carbocycles. The van der Waals surface area contributed by atoms with E-state index in [0.717, 1.165) is 15.3 Å². The molecule has 25 heavy (non-hydrogen) atoms. The molecule has 7 nitrogen and oxygen atoms in total. The maximum Gasteiger partial charge on any atom is 0.244 e. The highest BCUT2D eigenvalue weighted by molar-refractivity contribution is 7.89. The van der Waals surface area contributed by atoms with Gasteiger partial charge in [-0.2, -0.15) is 0 Å². The van der Waals surface area contributed by atoms with Gasteiger partial charge in [-0.05, 0) is 36.4 Å². The van der Waals surface area contributed by atoms with Crippen LogP contribution in [0.4, 0.5) is 5.69 Å². The fourth-order valence-corrected chi connectivity index (χ4v) is 3.31. The lowest BCUT2D eigenvalue weighted by Crippen LogP contribution is -2.22. The molecule has 0 aliphatic rings. The van der Waals surface area contributed by atoms with E-state index in [1.54, 1.807) is 23.0 Å². The molecule has 0 atom stereocenters. The number of fused-ring (bicyclic) bond motifs is 1. The van der Waals surface area contributed by atoms with E-state index in [-0.39, 0.29) is 17.3 Å². The molecule has 0 radical (unpaired) electrons. The molecule has 0 unspecified atom stereocenters. The molecule has 0 aliphatic heterocycles. The van der Waals surface area contributed by atoms with Crippen molar-refractivity contribution in [2.75, 3.05) is 19.4 Å². The topological polar surface area (TPSA) is 84.3 Å². The molecule has 0 bridgehead atoms. The number of hydrogen-bond donors (Lipinski definition) is 1. The number of rotatable bonds is 5. The van der Waals surface area contributed by atoms with E-state index < -0.39 is 10.0 Å². The van der Waals surface area contributed by atoms with Gasteiger partial charge in [0.1, 0.15) is 6.54 Å². The molecule has 1 heterocycles. The molecule has 1 amide bonds. The Hall–Kier alpha value is -2.71. The minimum absolute atomic E-state index is 0.123. The first-order valence-electron chi connectivity index (χ1n) is 7.60. The normalized spacial score (nSPS) is 11.8. The Morgan fingerprint density at radius 3 is 2.48 bits per heavy atom. The fraction of sp³-hybridized carbons (Fsp3) is 0.176. The van der Waals surface area contributed by atoms with Crippen molar-refractivity contribution in [2.24, 2.45) is 0 Å². The second-order valence-electron chi connectivity index (χ2n) is 5.72. The van der Waals surface area contributed by atoms with Crippen molar-refractivity contribution in [1.29, 1.82) is 0 Å². The fourth-order valence-electron chi connectivity index (χ4n) is 2.41. The molecule has 3 aromatic rings. The number of para-hydroxylation sites is 2. The van der Waals surface area contributed by atoms with Gasteiger partial charge in [0.25, 0.3) is 0 Å². The number of imidazole rings is 1. The Morgan fingerprint density at radius 1 is 1.12 bits per heavy atom. The van der Waals surface area contributed by atoms with E-state index in [2.05, 4.69) is 10.3 Å². The maximum atomic E-state index is 12.2. The number of nitrogens with zero attached hydrogens (tertiary/aromatic N) is 3. The molecular weight excluding hydrogens is 340 g/mol. The van der Waals surface area contributed by atoms with E-state index in [4.69, 9.17) is 0 Å². The minimum Gasteiger partial charge on any atom is -0.325 e. The summed E-state index contributed by atoms with van der Waals surface area (Å²) < 4.78 is 27.0. The van der Waals surface area contributed by atoms with Crippen LogP contribution in [0.3, 0.4) is 0 Å². The number of sulfonamides is 1. The summed E-state index contributed by atoms with van der Waals surface area (Å²) in [6.07, 6.45) is 1.62. The van der Waals surface area contributed by atoms with Gasteiger partial charge in [0.15, 0.2) is 0 Å². The molecule has 0 fully saturated rings. The van der Waals surface area contributed by atoms with Crippen LogP contribution >= 0.6 is 0 Å². The SMILES string of the molecule is CN(C)S(=O)(=O)c1ccc(NC(=O)Cn2cnc3ccccc32)cc1. The molecular formula is C17H18N4O3S. The van der Waals surface area contributed by atoms with Crippen molar-refractivity contribution >= 4 is 32.7 Å². The standard InChI is InChI=1S/C17H18N4O3S/c1-20(2)25(23,24)14-9-7-13(8-10-14)19-17(22)11-21-12-18-15-5-3-4-6-16(15)21/h3-10,12H,11H2,1-2H3,(H,19,22). The lowest BCUT2D eigenvalue weighted by Gasteiger charge is -2.12. The molecule has 3 rings (SSSR count). The third kappa shape index (κ3) is 3.54. The first kappa shape index (κ1) is 17.1. The highest BCUT2D eigenvalue weighted by atomic mass is 32.2. The first-order chi connectivity index (χ1) is 11.9. The predicted molar refractivity (Wildman–Crippen MR) is 95.7 cm³/mol. The number of hydrogen-bond acceptors (Lipinski definition) is 4. The summed E-state index contributed by atoms with van der Waals surface area (Å²) in [7, 11) is -0.534. The number of carbonyl (C=O) groups excluding carboxylic acids is 1. The van der Waals surface area contributed by atoms with E-state index in [1.165, 1.54) is 26.2 Å². The Bertz CT molecular complexity index is 1010. The van der Waals surface area contributed by atoms with Crippen molar-refractivity contribution in [3.63, 3.8) is 0 Å². The summed E-state index contributed by atoms with van der Waals surface area (Å²) in [6.45, 7) is 0.123. The van der Waals surface area contributed by atoms with Gasteiger partial charge in [0, 0.05) is 19.8 Å². The van der Waals surface area contributed by atoms with Crippen LogP contribution in [0.2, 0.25) is 0 Å². The summed E-state index contributed by atoms with van der Waals surface area (Å²) in [6, 6.07) is 13.6. The highest BCUT2D eigenvalue weighted by Crippen LogP contribution is 2.17. The van der Waals surface area contributed by atoms with Gasteiger partial charge < -0.3 is 9.88 Å². The van der Waals surface area contributed by atoms with Crippen LogP contribution in [0, 0.1) is 0 Å². The van der Waals surface area contributed by atoms with Crippen molar-refractivity contribution in [3.05, 3.63) is 54.9 Å². The number of carbonyl (C=O) groups is 1. The minimum atomic E-state index is -3.48. The molecule has 8 heteroatoms. The number of aromatic nitrogens is 2. The number of nitrogens with one attached hydrogen (secondary N) is 1. The lowest BCUT2D eigenvalue weighted by atomic mass is 10.3. The third-order valence-corrected chi connectivity index (χ3v) is 5.59. The van der Waals surface area contributed by atoms with Crippen LogP contribution < -0.4 is 5.32 Å². The average molecular weight is 358 g/mol. The van der Waals surface area contributed by atoms with Gasteiger partial charge in [-0.3, -0.25) is 4.79 Å². The molecule has 2 aromatic carbocycles. The van der Waals surface area contributed by atoms with Crippen molar-refractivity contribution < 1.29 is 13.2 Å². The highest BCUT2D eigenvalue weighted by Gasteiger charge is 2.16. The van der Waals surface area contributed by atoms with Gasteiger partial charge in [-0.15, -0.1) is 0 Å². The second-order valence-corrected chi connectivity index (χ2v) is 7.87. The molecule has 1 aromatic heterocycles. The van der Waals surface area contributed by atoms with Gasteiger partial charge in [-0.25, -0.2) is 17.7 Å². The summed E-state index contributed by atoms with van der Waals surface area (Å²) in [5.74, 6) is -0.216. The van der Waals surface area contributed by atoms with Gasteiger partial charge in [-0.1, -0.05) is 12.1 Å². The van der Waals surface area contributed by atoms with E-state index >= 15 is 0 Å². The molecule has 0 saturated heterocycles. The largest absolute Gasteiger partial charge is 0.325 e. The molecule has 0 saturated carbocycles. The van der Waals surface area contributed by atoms with Crippen molar-refractivity contribution in [3.8, 4) is 0 Å². The molecule has 0 spiro atoms. The summed E-state index contributed by atoms with van der Waals surface area (Å²) in [5.41, 5.74) is 2.24. The average Bonchev–Trinajstić information content (AvgIpc) is 2.98. The monoisotopic (exact) mass is 358 g/mol. The van der Waals surface area contributed by atoms with E-state index in [0.29, 0.717) is 5.69 Å². The zero-order valence-corrected chi connectivity index (χ0v) is 14.7. The number of anilines is 1. The Labute approximate surface area is 146 Å². The zero-order valence-electron chi connectivity index (χ0n) is 13.9. The van der Waals surface area contributed by atoms with E-state index in [9.17, 15) is 13.2 Å². The van der Waals surface area contributed by atoms with Crippen LogP contribution in [0.25, 0.3) is 11.0 Å². The zero-order chi connectivity index (χ0) is 18.0. The van der Waals surface area contributed by atoms with Gasteiger partial charge in [0.05, 0.1) is 22.3 Å². The quantitative estimate of drug-likeness (QED) is 0.755. The van der Waals surface area contributed by atoms with Crippen LogP contribution in [-0.2, 0) is 21.4 Å². The summed E-state index contributed by atoms with van der Waals surface area (Å²) in [4.78, 5) is 16.6. The Morgan fingerprint density at radius 2 is 1.80 bits per heavy atom.